The Kier molecular flexibility index (Phi) is 7.72. The summed E-state index contributed by atoms with van der Waals surface area (Å²) >= 11 is 11.0. The molecule has 0 rings (SSSR count). The molecule has 0 aliphatic rings. The van der Waals surface area contributed by atoms with Crippen molar-refractivity contribution in [3.8, 4) is 0 Å². The first kappa shape index (κ1) is 12.0. The first-order valence-electron chi connectivity index (χ1n) is 4.13. The third-order valence-electron chi connectivity index (χ3n) is 1.56. The largest absolute Gasteiger partial charge is 0.481 e. The van der Waals surface area contributed by atoms with E-state index in [1.165, 1.54) is 0 Å². The number of halogens is 2. The first-order chi connectivity index (χ1) is 5.63. The van der Waals surface area contributed by atoms with Gasteiger partial charge in [0.2, 0.25) is 0 Å². The van der Waals surface area contributed by atoms with Gasteiger partial charge in [0, 0.05) is 6.42 Å². The van der Waals surface area contributed by atoms with Crippen molar-refractivity contribution in [2.75, 3.05) is 0 Å². The lowest BCUT2D eigenvalue weighted by Crippen LogP contribution is -1.94. The lowest BCUT2D eigenvalue weighted by Gasteiger charge is -2.00. The van der Waals surface area contributed by atoms with Gasteiger partial charge in [0.15, 0.2) is 0 Å². The molecule has 0 heterocycles. The Labute approximate surface area is 82.9 Å². The number of hydrogen-bond acceptors (Lipinski definition) is 1. The second-order valence-corrected chi connectivity index (χ2v) is 4.01. The van der Waals surface area contributed by atoms with Gasteiger partial charge < -0.3 is 5.11 Å². The molecule has 0 aliphatic carbocycles. The van der Waals surface area contributed by atoms with Crippen molar-refractivity contribution in [3.05, 3.63) is 0 Å². The summed E-state index contributed by atoms with van der Waals surface area (Å²) in [6.45, 7) is 0. The van der Waals surface area contributed by atoms with Crippen LogP contribution in [-0.2, 0) is 4.79 Å². The minimum absolute atomic E-state index is 0.269. The predicted octanol–water partition coefficient (Wildman–Crippen LogP) is 3.22. The smallest absolute Gasteiger partial charge is 0.303 e. The molecular weight excluding hydrogens is 199 g/mol. The van der Waals surface area contributed by atoms with Gasteiger partial charge in [-0.05, 0) is 12.8 Å². The van der Waals surface area contributed by atoms with Crippen LogP contribution < -0.4 is 0 Å². The number of carboxylic acids is 1. The number of hydrogen-bond donors (Lipinski definition) is 1. The molecule has 1 N–H and O–H groups in total. The monoisotopic (exact) mass is 212 g/mol. The van der Waals surface area contributed by atoms with E-state index in [4.69, 9.17) is 28.3 Å². The van der Waals surface area contributed by atoms with Crippen molar-refractivity contribution < 1.29 is 9.90 Å². The highest BCUT2D eigenvalue weighted by molar-refractivity contribution is 6.44. The van der Waals surface area contributed by atoms with Crippen molar-refractivity contribution in [1.29, 1.82) is 0 Å². The molecule has 4 heteroatoms. The van der Waals surface area contributed by atoms with Gasteiger partial charge >= 0.3 is 5.97 Å². The Morgan fingerprint density at radius 1 is 1.17 bits per heavy atom. The van der Waals surface area contributed by atoms with E-state index in [1.54, 1.807) is 0 Å². The molecule has 0 fully saturated rings. The number of unbranched alkanes of at least 4 members (excludes halogenated alkanes) is 3. The molecule has 0 amide bonds. The number of aliphatic carboxylic acids is 1. The zero-order valence-electron chi connectivity index (χ0n) is 6.93. The van der Waals surface area contributed by atoms with Crippen LogP contribution in [0.2, 0.25) is 0 Å². The molecule has 2 nitrogen and oxygen atoms in total. The third-order valence-corrected chi connectivity index (χ3v) is 2.00. The van der Waals surface area contributed by atoms with Gasteiger partial charge in [-0.1, -0.05) is 19.3 Å². The summed E-state index contributed by atoms with van der Waals surface area (Å²) < 4.78 is 0. The van der Waals surface area contributed by atoms with E-state index < -0.39 is 5.97 Å². The fourth-order valence-electron chi connectivity index (χ4n) is 0.928. The summed E-state index contributed by atoms with van der Waals surface area (Å²) in [5.74, 6) is -0.720. The van der Waals surface area contributed by atoms with Crippen LogP contribution in [0, 0.1) is 0 Å². The van der Waals surface area contributed by atoms with Gasteiger partial charge in [0.1, 0.15) is 4.84 Å². The van der Waals surface area contributed by atoms with Crippen molar-refractivity contribution >= 4 is 29.2 Å². The third kappa shape index (κ3) is 10.0. The van der Waals surface area contributed by atoms with E-state index in [9.17, 15) is 4.79 Å². The molecule has 0 aliphatic heterocycles. The van der Waals surface area contributed by atoms with Gasteiger partial charge in [0.25, 0.3) is 0 Å². The van der Waals surface area contributed by atoms with Gasteiger partial charge in [-0.3, -0.25) is 4.79 Å². The molecule has 0 aromatic carbocycles. The molecular formula is C8H14Cl2O2. The Morgan fingerprint density at radius 3 is 2.25 bits per heavy atom. The summed E-state index contributed by atoms with van der Waals surface area (Å²) in [6.07, 6.45) is 4.78. The Hall–Kier alpha value is 0.0500. The van der Waals surface area contributed by atoms with Crippen LogP contribution in [0.5, 0.6) is 0 Å². The fourth-order valence-corrected chi connectivity index (χ4v) is 1.24. The lowest BCUT2D eigenvalue weighted by molar-refractivity contribution is -0.137. The highest BCUT2D eigenvalue weighted by Crippen LogP contribution is 2.13. The molecule has 0 saturated heterocycles. The highest BCUT2D eigenvalue weighted by Gasteiger charge is 1.99. The molecule has 0 aromatic rings. The lowest BCUT2D eigenvalue weighted by atomic mass is 10.1. The van der Waals surface area contributed by atoms with Gasteiger partial charge in [-0.25, -0.2) is 0 Å². The quantitative estimate of drug-likeness (QED) is 0.520. The normalized spacial score (nSPS) is 10.6. The molecule has 0 spiro atoms. The van der Waals surface area contributed by atoms with Gasteiger partial charge in [-0.2, -0.15) is 0 Å². The Balaban J connectivity index is 2.96. The topological polar surface area (TPSA) is 37.3 Å². The van der Waals surface area contributed by atoms with Crippen LogP contribution in [0.4, 0.5) is 0 Å². The zero-order chi connectivity index (χ0) is 9.40. The van der Waals surface area contributed by atoms with Crippen molar-refractivity contribution in [2.45, 2.75) is 43.4 Å². The molecule has 0 radical (unpaired) electrons. The fraction of sp³-hybridized carbons (Fsp3) is 0.875. The minimum atomic E-state index is -0.720. The van der Waals surface area contributed by atoms with Gasteiger partial charge in [0.05, 0.1) is 0 Å². The van der Waals surface area contributed by atoms with Crippen LogP contribution in [0.25, 0.3) is 0 Å². The minimum Gasteiger partial charge on any atom is -0.481 e. The van der Waals surface area contributed by atoms with E-state index in [0.717, 1.165) is 32.1 Å². The Morgan fingerprint density at radius 2 is 1.75 bits per heavy atom. The van der Waals surface area contributed by atoms with Crippen LogP contribution in [0.1, 0.15) is 38.5 Å². The summed E-state index contributed by atoms with van der Waals surface area (Å²) in [5.41, 5.74) is 0. The second-order valence-electron chi connectivity index (χ2n) is 2.74. The number of carbonyl (C=O) groups is 1. The summed E-state index contributed by atoms with van der Waals surface area (Å²) in [5, 5.41) is 8.32. The highest BCUT2D eigenvalue weighted by atomic mass is 35.5. The predicted molar refractivity (Wildman–Crippen MR) is 50.8 cm³/mol. The standard InChI is InChI=1S/C8H14Cl2O2/c9-7(10)5-3-1-2-4-6-8(11)12/h7H,1-6H2,(H,11,12). The van der Waals surface area contributed by atoms with Crippen LogP contribution >= 0.6 is 23.2 Å². The van der Waals surface area contributed by atoms with Crippen LogP contribution in [0.15, 0.2) is 0 Å². The molecule has 0 aromatic heterocycles. The maximum atomic E-state index is 10.1. The maximum Gasteiger partial charge on any atom is 0.303 e. The van der Waals surface area contributed by atoms with Gasteiger partial charge in [-0.15, -0.1) is 23.2 Å². The van der Waals surface area contributed by atoms with E-state index in [-0.39, 0.29) is 11.3 Å². The average Bonchev–Trinajstić information content (AvgIpc) is 1.95. The number of alkyl halides is 2. The molecule has 0 bridgehead atoms. The van der Waals surface area contributed by atoms with Crippen LogP contribution in [-0.4, -0.2) is 15.9 Å². The summed E-state index contributed by atoms with van der Waals surface area (Å²) in [6, 6.07) is 0. The van der Waals surface area contributed by atoms with Crippen molar-refractivity contribution in [3.63, 3.8) is 0 Å². The van der Waals surface area contributed by atoms with Crippen molar-refractivity contribution in [2.24, 2.45) is 0 Å². The molecule has 0 saturated carbocycles. The first-order valence-corrected chi connectivity index (χ1v) is 5.00. The molecule has 0 atom stereocenters. The molecule has 12 heavy (non-hydrogen) atoms. The number of carboxylic acid groups (broad SMARTS) is 1. The second kappa shape index (κ2) is 7.69. The molecule has 72 valence electrons. The Bertz CT molecular complexity index is 126. The van der Waals surface area contributed by atoms with E-state index in [2.05, 4.69) is 0 Å². The van der Waals surface area contributed by atoms with E-state index >= 15 is 0 Å². The maximum absolute atomic E-state index is 10.1. The number of rotatable bonds is 7. The zero-order valence-corrected chi connectivity index (χ0v) is 8.44. The molecule has 0 unspecified atom stereocenters. The van der Waals surface area contributed by atoms with E-state index in [0.29, 0.717) is 0 Å². The average molecular weight is 213 g/mol. The summed E-state index contributed by atoms with van der Waals surface area (Å²) in [7, 11) is 0. The van der Waals surface area contributed by atoms with E-state index in [1.807, 2.05) is 0 Å². The van der Waals surface area contributed by atoms with Crippen molar-refractivity contribution in [1.82, 2.24) is 0 Å². The summed E-state index contributed by atoms with van der Waals surface area (Å²) in [4.78, 5) is 9.82. The SMILES string of the molecule is O=C(O)CCCCCCC(Cl)Cl. The van der Waals surface area contributed by atoms with Crippen LogP contribution in [0.3, 0.4) is 0 Å².